The van der Waals surface area contributed by atoms with Crippen molar-refractivity contribution < 1.29 is 36.0 Å². The molecule has 5 nitrogen and oxygen atoms in total. The molecular weight excluding hydrogens is 365 g/mol. The van der Waals surface area contributed by atoms with Crippen molar-refractivity contribution in [3.63, 3.8) is 0 Å². The van der Waals surface area contributed by atoms with Crippen LogP contribution in [-0.2, 0) is 23.3 Å². The minimum Gasteiger partial charge on any atom is -0.391 e. The normalized spacial score (nSPS) is 12.8. The summed E-state index contributed by atoms with van der Waals surface area (Å²) in [6.45, 7) is -1.25. The summed E-state index contributed by atoms with van der Waals surface area (Å²) >= 11 is 3.54. The second-order valence-electron chi connectivity index (χ2n) is 2.89. The minimum absolute atomic E-state index is 0.133. The molecule has 104 valence electrons. The zero-order chi connectivity index (χ0) is 14.1. The Morgan fingerprint density at radius 2 is 1.72 bits per heavy atom. The Morgan fingerprint density at radius 3 is 2.11 bits per heavy atom. The smallest absolute Gasteiger partial charge is 0.391 e. The first-order valence-corrected chi connectivity index (χ1v) is 7.18. The van der Waals surface area contributed by atoms with Crippen LogP contribution in [-0.4, -0.2) is 24.1 Å². The third-order valence-corrected chi connectivity index (χ3v) is 4.90. The molecule has 2 N–H and O–H groups in total. The summed E-state index contributed by atoms with van der Waals surface area (Å²) in [4.78, 5) is 0.00479. The fourth-order valence-electron chi connectivity index (χ4n) is 0.935. The van der Waals surface area contributed by atoms with Gasteiger partial charge >= 0.3 is 15.6 Å². The van der Waals surface area contributed by atoms with Gasteiger partial charge in [-0.2, -0.15) is 21.6 Å². The Hall–Kier alpha value is -0.360. The van der Waals surface area contributed by atoms with Crippen LogP contribution in [0.4, 0.5) is 13.2 Å². The number of hydrogen-bond donors (Lipinski definition) is 2. The quantitative estimate of drug-likeness (QED) is 0.622. The van der Waals surface area contributed by atoms with Gasteiger partial charge in [-0.05, 0) is 15.9 Å². The van der Waals surface area contributed by atoms with Crippen LogP contribution in [0.15, 0.2) is 4.47 Å². The number of hydrogen-bond acceptors (Lipinski definition) is 6. The van der Waals surface area contributed by atoms with E-state index in [0.717, 1.165) is 11.3 Å². The molecule has 0 radical (unpaired) electrons. The van der Waals surface area contributed by atoms with Crippen molar-refractivity contribution in [3.8, 4) is 5.75 Å². The predicted octanol–water partition coefficient (Wildman–Crippen LogP) is 1.72. The van der Waals surface area contributed by atoms with Gasteiger partial charge < -0.3 is 14.4 Å². The van der Waals surface area contributed by atoms with Gasteiger partial charge in [0.25, 0.3) is 0 Å². The minimum atomic E-state index is -5.82. The van der Waals surface area contributed by atoms with Crippen LogP contribution in [0, 0.1) is 0 Å². The van der Waals surface area contributed by atoms with Crippen LogP contribution < -0.4 is 4.18 Å². The Kier molecular flexibility index (Phi) is 4.65. The molecule has 0 amide bonds. The molecule has 0 saturated carbocycles. The van der Waals surface area contributed by atoms with Crippen molar-refractivity contribution in [2.24, 2.45) is 0 Å². The van der Waals surface area contributed by atoms with Crippen LogP contribution in [0.25, 0.3) is 0 Å². The van der Waals surface area contributed by atoms with E-state index in [0.29, 0.717) is 0 Å². The fourth-order valence-corrected chi connectivity index (χ4v) is 3.26. The summed E-state index contributed by atoms with van der Waals surface area (Å²) in [6.07, 6.45) is 0. The van der Waals surface area contributed by atoms with Gasteiger partial charge in [0.2, 0.25) is 0 Å². The van der Waals surface area contributed by atoms with E-state index in [1.807, 2.05) is 0 Å². The SMILES string of the molecule is O=S(=O)(Oc1c(CO)sc(CO)c1Br)C(F)(F)F. The molecule has 0 aromatic carbocycles. The lowest BCUT2D eigenvalue weighted by molar-refractivity contribution is -0.0500. The van der Waals surface area contributed by atoms with Gasteiger partial charge in [-0.25, -0.2) is 0 Å². The molecular formula is C7H6BrF3O5S2. The molecule has 0 aliphatic carbocycles. The van der Waals surface area contributed by atoms with E-state index < -0.39 is 34.6 Å². The van der Waals surface area contributed by atoms with E-state index in [-0.39, 0.29) is 14.2 Å². The highest BCUT2D eigenvalue weighted by Crippen LogP contribution is 2.42. The first-order chi connectivity index (χ1) is 8.14. The highest BCUT2D eigenvalue weighted by atomic mass is 79.9. The van der Waals surface area contributed by atoms with E-state index in [4.69, 9.17) is 10.2 Å². The largest absolute Gasteiger partial charge is 0.534 e. The molecule has 11 heteroatoms. The number of rotatable bonds is 4. The van der Waals surface area contributed by atoms with Crippen molar-refractivity contribution in [3.05, 3.63) is 14.2 Å². The average molecular weight is 371 g/mol. The first-order valence-electron chi connectivity index (χ1n) is 4.16. The van der Waals surface area contributed by atoms with E-state index >= 15 is 0 Å². The zero-order valence-electron chi connectivity index (χ0n) is 8.36. The van der Waals surface area contributed by atoms with Crippen molar-refractivity contribution >= 4 is 37.4 Å². The van der Waals surface area contributed by atoms with Crippen LogP contribution in [0.3, 0.4) is 0 Å². The molecule has 0 saturated heterocycles. The van der Waals surface area contributed by atoms with Crippen molar-refractivity contribution in [2.75, 3.05) is 0 Å². The molecule has 0 atom stereocenters. The molecule has 0 fully saturated rings. The lowest BCUT2D eigenvalue weighted by atomic mass is 10.4. The second kappa shape index (κ2) is 5.33. The van der Waals surface area contributed by atoms with Gasteiger partial charge in [-0.1, -0.05) is 0 Å². The van der Waals surface area contributed by atoms with Crippen molar-refractivity contribution in [2.45, 2.75) is 18.7 Å². The van der Waals surface area contributed by atoms with E-state index in [2.05, 4.69) is 20.1 Å². The molecule has 0 unspecified atom stereocenters. The van der Waals surface area contributed by atoms with Gasteiger partial charge in [-0.15, -0.1) is 11.3 Å². The van der Waals surface area contributed by atoms with E-state index in [1.54, 1.807) is 0 Å². The first kappa shape index (κ1) is 15.7. The maximum atomic E-state index is 12.1. The maximum absolute atomic E-state index is 12.1. The summed E-state index contributed by atoms with van der Waals surface area (Å²) in [6, 6.07) is 0. The molecule has 0 bridgehead atoms. The number of aliphatic hydroxyl groups excluding tert-OH is 2. The molecule has 1 aromatic heterocycles. The van der Waals surface area contributed by atoms with Gasteiger partial charge in [0, 0.05) is 4.88 Å². The average Bonchev–Trinajstić information content (AvgIpc) is 2.54. The number of aliphatic hydroxyl groups is 2. The van der Waals surface area contributed by atoms with Crippen molar-refractivity contribution in [1.29, 1.82) is 0 Å². The fraction of sp³-hybridized carbons (Fsp3) is 0.429. The lowest BCUT2D eigenvalue weighted by Gasteiger charge is -2.09. The molecule has 1 aromatic rings. The molecule has 1 rings (SSSR count). The summed E-state index contributed by atoms with van der Waals surface area (Å²) in [7, 11) is -5.82. The predicted molar refractivity (Wildman–Crippen MR) is 59.5 cm³/mol. The highest BCUT2D eigenvalue weighted by Gasteiger charge is 2.49. The maximum Gasteiger partial charge on any atom is 0.534 e. The highest BCUT2D eigenvalue weighted by molar-refractivity contribution is 9.10. The van der Waals surface area contributed by atoms with Gasteiger partial charge in [0.05, 0.1) is 22.6 Å². The zero-order valence-corrected chi connectivity index (χ0v) is 11.6. The Morgan fingerprint density at radius 1 is 1.22 bits per heavy atom. The number of halogens is 4. The standard InChI is InChI=1S/C7H6BrF3O5S2/c8-5-3(1-12)17-4(2-13)6(5)16-18(14,15)7(9,10)11/h12-13H,1-2H2. The van der Waals surface area contributed by atoms with Crippen LogP contribution in [0.5, 0.6) is 5.75 Å². The molecule has 0 aliphatic rings. The van der Waals surface area contributed by atoms with Gasteiger partial charge in [-0.3, -0.25) is 0 Å². The summed E-state index contributed by atoms with van der Waals surface area (Å²) < 4.78 is 61.9. The molecule has 0 spiro atoms. The summed E-state index contributed by atoms with van der Waals surface area (Å²) in [5.41, 5.74) is -5.57. The number of alkyl halides is 3. The van der Waals surface area contributed by atoms with E-state index in [9.17, 15) is 21.6 Å². The Bertz CT molecular complexity index is 536. The third kappa shape index (κ3) is 2.96. The monoisotopic (exact) mass is 370 g/mol. The topological polar surface area (TPSA) is 83.8 Å². The second-order valence-corrected chi connectivity index (χ2v) is 6.41. The summed E-state index contributed by atoms with van der Waals surface area (Å²) in [5.74, 6) is -0.663. The van der Waals surface area contributed by atoms with Crippen LogP contribution >= 0.6 is 27.3 Å². The molecule has 1 heterocycles. The van der Waals surface area contributed by atoms with Crippen LogP contribution in [0.1, 0.15) is 9.75 Å². The summed E-state index contributed by atoms with van der Waals surface area (Å²) in [5, 5.41) is 17.8. The van der Waals surface area contributed by atoms with Gasteiger partial charge in [0.15, 0.2) is 5.75 Å². The number of thiophene rings is 1. The Labute approximate surface area is 112 Å². The molecule has 0 aliphatic heterocycles. The third-order valence-electron chi connectivity index (χ3n) is 1.71. The molecule has 18 heavy (non-hydrogen) atoms. The van der Waals surface area contributed by atoms with Gasteiger partial charge in [0.1, 0.15) is 0 Å². The Balaban J connectivity index is 3.24. The van der Waals surface area contributed by atoms with Crippen molar-refractivity contribution in [1.82, 2.24) is 0 Å². The van der Waals surface area contributed by atoms with Crippen LogP contribution in [0.2, 0.25) is 0 Å². The lowest BCUT2D eigenvalue weighted by Crippen LogP contribution is -2.28. The van der Waals surface area contributed by atoms with E-state index in [1.165, 1.54) is 0 Å².